The maximum atomic E-state index is 13.0. The Bertz CT molecular complexity index is 2010. The molecule has 4 atom stereocenters. The predicted octanol–water partition coefficient (Wildman–Crippen LogP) is 5.98. The molecule has 254 valence electrons. The zero-order valence-corrected chi connectivity index (χ0v) is 27.8. The van der Waals surface area contributed by atoms with Crippen LogP contribution < -0.4 is 14.8 Å². The highest BCUT2D eigenvalue weighted by molar-refractivity contribution is 6.05. The average molecular weight is 672 g/mol. The monoisotopic (exact) mass is 671 g/mol. The van der Waals surface area contributed by atoms with Crippen molar-refractivity contribution in [2.45, 2.75) is 43.4 Å². The third kappa shape index (κ3) is 5.96. The summed E-state index contributed by atoms with van der Waals surface area (Å²) < 4.78 is 26.5. The standard InChI is InChI=1S/C39H37N5O6/c1-4-32-33(45)35(34(49-32)31-23-40-37-36(41-24-42-44(31)37)43-38(46)25-11-7-5-8-12-25)50-39(26-13-9-6-10-14-26,27-15-19-29(47-2)20-16-27)28-17-21-30(48-3)22-18-28/h5-24,32-35,45H,4H2,1-3H3,(H,41,42,43,46)/t32-,33-,34+,35-/m1/s1. The average Bonchev–Trinajstić information content (AvgIpc) is 3.75. The van der Waals surface area contributed by atoms with Gasteiger partial charge in [-0.25, -0.2) is 14.5 Å². The normalized spacial score (nSPS) is 19.0. The first kappa shape index (κ1) is 32.9. The van der Waals surface area contributed by atoms with Crippen molar-refractivity contribution in [1.29, 1.82) is 0 Å². The second-order valence-corrected chi connectivity index (χ2v) is 11.9. The van der Waals surface area contributed by atoms with Gasteiger partial charge in [0, 0.05) is 5.56 Å². The van der Waals surface area contributed by atoms with Crippen LogP contribution in [0.15, 0.2) is 122 Å². The van der Waals surface area contributed by atoms with E-state index in [0.29, 0.717) is 34.8 Å². The highest BCUT2D eigenvalue weighted by atomic mass is 16.6. The highest BCUT2D eigenvalue weighted by Crippen LogP contribution is 2.47. The first-order valence-corrected chi connectivity index (χ1v) is 16.4. The number of imidazole rings is 1. The lowest BCUT2D eigenvalue weighted by molar-refractivity contribution is -0.106. The summed E-state index contributed by atoms with van der Waals surface area (Å²) in [5.74, 6) is 1.29. The minimum absolute atomic E-state index is 0.234. The molecule has 50 heavy (non-hydrogen) atoms. The van der Waals surface area contributed by atoms with E-state index < -0.39 is 30.0 Å². The van der Waals surface area contributed by atoms with Crippen molar-refractivity contribution in [3.05, 3.63) is 150 Å². The number of benzene rings is 4. The van der Waals surface area contributed by atoms with E-state index in [1.54, 1.807) is 49.2 Å². The van der Waals surface area contributed by atoms with Crippen molar-refractivity contribution in [2.24, 2.45) is 0 Å². The number of anilines is 1. The highest BCUT2D eigenvalue weighted by Gasteiger charge is 2.51. The van der Waals surface area contributed by atoms with Gasteiger partial charge < -0.3 is 29.4 Å². The Hall–Kier alpha value is -5.62. The Morgan fingerprint density at radius 2 is 1.42 bits per heavy atom. The summed E-state index contributed by atoms with van der Waals surface area (Å²) in [6.07, 6.45) is 0.229. The van der Waals surface area contributed by atoms with Crippen molar-refractivity contribution in [1.82, 2.24) is 19.6 Å². The first-order chi connectivity index (χ1) is 24.5. The van der Waals surface area contributed by atoms with Gasteiger partial charge in [-0.1, -0.05) is 79.7 Å². The minimum atomic E-state index is -1.22. The molecule has 0 saturated carbocycles. The number of nitrogens with zero attached hydrogens (tertiary/aromatic N) is 4. The van der Waals surface area contributed by atoms with Gasteiger partial charge in [-0.3, -0.25) is 4.79 Å². The quantitative estimate of drug-likeness (QED) is 0.160. The van der Waals surface area contributed by atoms with Crippen LogP contribution in [0, 0.1) is 0 Å². The van der Waals surface area contributed by atoms with Gasteiger partial charge in [0.15, 0.2) is 11.5 Å². The number of carbonyl (C=O) groups excluding carboxylic acids is 1. The zero-order valence-electron chi connectivity index (χ0n) is 27.8. The number of carbonyl (C=O) groups is 1. The third-order valence-electron chi connectivity index (χ3n) is 9.12. The fourth-order valence-electron chi connectivity index (χ4n) is 6.56. The number of amides is 1. The van der Waals surface area contributed by atoms with Crippen molar-refractivity contribution >= 4 is 17.4 Å². The van der Waals surface area contributed by atoms with Crippen molar-refractivity contribution in [3.63, 3.8) is 0 Å². The van der Waals surface area contributed by atoms with Crippen LogP contribution in [-0.4, -0.2) is 63.1 Å². The molecule has 3 heterocycles. The van der Waals surface area contributed by atoms with Gasteiger partial charge >= 0.3 is 0 Å². The first-order valence-electron chi connectivity index (χ1n) is 16.4. The summed E-state index contributed by atoms with van der Waals surface area (Å²) in [6, 6.07) is 34.2. The number of aliphatic hydroxyl groups excluding tert-OH is 1. The number of fused-ring (bicyclic) bond motifs is 1. The number of hydrogen-bond acceptors (Lipinski definition) is 9. The van der Waals surface area contributed by atoms with E-state index in [1.807, 2.05) is 91.9 Å². The number of hydrogen-bond donors (Lipinski definition) is 2. The Morgan fingerprint density at radius 3 is 2.00 bits per heavy atom. The van der Waals surface area contributed by atoms with Crippen molar-refractivity contribution in [2.75, 3.05) is 19.5 Å². The van der Waals surface area contributed by atoms with Crippen molar-refractivity contribution in [3.8, 4) is 11.5 Å². The molecule has 1 amide bonds. The number of rotatable bonds is 11. The fourth-order valence-corrected chi connectivity index (χ4v) is 6.56. The largest absolute Gasteiger partial charge is 0.497 e. The molecule has 2 aromatic heterocycles. The minimum Gasteiger partial charge on any atom is -0.497 e. The molecule has 0 unspecified atom stereocenters. The second-order valence-electron chi connectivity index (χ2n) is 11.9. The van der Waals surface area contributed by atoms with Crippen LogP contribution in [-0.2, 0) is 15.1 Å². The zero-order chi connectivity index (χ0) is 34.7. The number of ether oxygens (including phenoxy) is 4. The van der Waals surface area contributed by atoms with E-state index >= 15 is 0 Å². The van der Waals surface area contributed by atoms with E-state index in [-0.39, 0.29) is 11.7 Å². The maximum absolute atomic E-state index is 13.0. The summed E-state index contributed by atoms with van der Waals surface area (Å²) in [6.45, 7) is 1.96. The molecule has 2 N–H and O–H groups in total. The lowest BCUT2D eigenvalue weighted by Crippen LogP contribution is -2.43. The van der Waals surface area contributed by atoms with Crippen LogP contribution in [0.1, 0.15) is 52.2 Å². The summed E-state index contributed by atoms with van der Waals surface area (Å²) >= 11 is 0. The van der Waals surface area contributed by atoms with Crippen LogP contribution in [0.2, 0.25) is 0 Å². The van der Waals surface area contributed by atoms with Crippen LogP contribution in [0.4, 0.5) is 5.82 Å². The van der Waals surface area contributed by atoms with Gasteiger partial charge in [0.05, 0.1) is 32.2 Å². The molecule has 1 aliphatic heterocycles. The molecule has 7 rings (SSSR count). The van der Waals surface area contributed by atoms with Gasteiger partial charge in [-0.2, -0.15) is 5.10 Å². The SMILES string of the molecule is CC[C@H]1O[C@@H](c2cnc3c(NC(=O)c4ccccc4)ncnn23)[C@H](OC(c2ccccc2)(c2ccc(OC)cc2)c2ccc(OC)cc2)[C@@H]1O. The molecule has 0 radical (unpaired) electrons. The van der Waals surface area contributed by atoms with E-state index in [4.69, 9.17) is 18.9 Å². The predicted molar refractivity (Wildman–Crippen MR) is 186 cm³/mol. The molecule has 1 fully saturated rings. The molecule has 1 saturated heterocycles. The molecule has 0 bridgehead atoms. The van der Waals surface area contributed by atoms with Crippen LogP contribution in [0.25, 0.3) is 5.65 Å². The summed E-state index contributed by atoms with van der Waals surface area (Å²) in [5, 5.41) is 19.3. The van der Waals surface area contributed by atoms with Gasteiger partial charge in [0.25, 0.3) is 5.91 Å². The number of nitrogens with one attached hydrogen (secondary N) is 1. The van der Waals surface area contributed by atoms with Gasteiger partial charge in [-0.05, 0) is 59.5 Å². The Balaban J connectivity index is 1.35. The van der Waals surface area contributed by atoms with Crippen LogP contribution in [0.3, 0.4) is 0 Å². The van der Waals surface area contributed by atoms with Crippen LogP contribution in [0.5, 0.6) is 11.5 Å². The third-order valence-corrected chi connectivity index (χ3v) is 9.12. The van der Waals surface area contributed by atoms with E-state index in [1.165, 1.54) is 6.33 Å². The fraction of sp³-hybridized carbons (Fsp3) is 0.231. The lowest BCUT2D eigenvalue weighted by Gasteiger charge is -2.40. The lowest BCUT2D eigenvalue weighted by atomic mass is 9.79. The summed E-state index contributed by atoms with van der Waals surface area (Å²) in [7, 11) is 3.25. The molecule has 0 spiro atoms. The van der Waals surface area contributed by atoms with Gasteiger partial charge in [0.1, 0.15) is 41.7 Å². The molecule has 11 heteroatoms. The van der Waals surface area contributed by atoms with Crippen LogP contribution >= 0.6 is 0 Å². The number of aliphatic hydroxyl groups is 1. The molecule has 0 aliphatic carbocycles. The second kappa shape index (κ2) is 14.1. The molecular formula is C39H37N5O6. The molecular weight excluding hydrogens is 634 g/mol. The summed E-state index contributed by atoms with van der Waals surface area (Å²) in [5.41, 5.74) is 2.57. The summed E-state index contributed by atoms with van der Waals surface area (Å²) in [4.78, 5) is 22.0. The van der Waals surface area contributed by atoms with Crippen molar-refractivity contribution < 1.29 is 28.8 Å². The maximum Gasteiger partial charge on any atom is 0.256 e. The molecule has 4 aromatic carbocycles. The smallest absolute Gasteiger partial charge is 0.256 e. The molecule has 11 nitrogen and oxygen atoms in total. The molecule has 1 aliphatic rings. The van der Waals surface area contributed by atoms with E-state index in [9.17, 15) is 9.90 Å². The topological polar surface area (TPSA) is 129 Å². The van der Waals surface area contributed by atoms with E-state index in [0.717, 1.165) is 16.7 Å². The Kier molecular flexibility index (Phi) is 9.27. The van der Waals surface area contributed by atoms with Gasteiger partial charge in [0.2, 0.25) is 0 Å². The molecule has 6 aromatic rings. The number of methoxy groups -OCH3 is 2. The Labute approximate surface area is 289 Å². The number of aromatic nitrogens is 4. The Morgan fingerprint density at radius 1 is 0.840 bits per heavy atom. The van der Waals surface area contributed by atoms with E-state index in [2.05, 4.69) is 20.4 Å². The van der Waals surface area contributed by atoms with Gasteiger partial charge in [-0.15, -0.1) is 0 Å².